The maximum atomic E-state index is 6.02. The van der Waals surface area contributed by atoms with Crippen LogP contribution in [-0.4, -0.2) is 6.61 Å². The van der Waals surface area contributed by atoms with E-state index in [-0.39, 0.29) is 6.04 Å². The van der Waals surface area contributed by atoms with E-state index in [1.54, 1.807) is 6.92 Å². The Kier molecular flexibility index (Phi) is 4.48. The van der Waals surface area contributed by atoms with Crippen LogP contribution in [0.3, 0.4) is 0 Å². The SMILES string of the molecule is CC#CCOc1ccc([C@@H](C)N)cc1Cl. The molecule has 0 radical (unpaired) electrons. The molecule has 0 saturated carbocycles. The van der Waals surface area contributed by atoms with Gasteiger partial charge >= 0.3 is 0 Å². The molecule has 0 spiro atoms. The van der Waals surface area contributed by atoms with Gasteiger partial charge in [0, 0.05) is 6.04 Å². The third-order valence-corrected chi connectivity index (χ3v) is 2.25. The van der Waals surface area contributed by atoms with Crippen molar-refractivity contribution in [2.75, 3.05) is 6.61 Å². The van der Waals surface area contributed by atoms with Gasteiger partial charge in [-0.3, -0.25) is 0 Å². The van der Waals surface area contributed by atoms with E-state index >= 15 is 0 Å². The van der Waals surface area contributed by atoms with Crippen LogP contribution in [0.4, 0.5) is 0 Å². The zero-order valence-corrected chi connectivity index (χ0v) is 9.64. The Hall–Kier alpha value is -1.17. The highest BCUT2D eigenvalue weighted by molar-refractivity contribution is 6.32. The summed E-state index contributed by atoms with van der Waals surface area (Å²) in [5.41, 5.74) is 6.73. The van der Waals surface area contributed by atoms with Gasteiger partial charge in [0.1, 0.15) is 12.4 Å². The number of rotatable bonds is 3. The van der Waals surface area contributed by atoms with Gasteiger partial charge in [0.15, 0.2) is 0 Å². The molecule has 2 N–H and O–H groups in total. The first-order chi connectivity index (χ1) is 7.15. The molecule has 1 rings (SSSR count). The summed E-state index contributed by atoms with van der Waals surface area (Å²) < 4.78 is 5.37. The van der Waals surface area contributed by atoms with Crippen molar-refractivity contribution in [3.05, 3.63) is 28.8 Å². The second kappa shape index (κ2) is 5.65. The third kappa shape index (κ3) is 3.47. The molecular weight excluding hydrogens is 210 g/mol. The summed E-state index contributed by atoms with van der Waals surface area (Å²) in [7, 11) is 0. The maximum Gasteiger partial charge on any atom is 0.149 e. The van der Waals surface area contributed by atoms with Gasteiger partial charge in [-0.2, -0.15) is 0 Å². The van der Waals surface area contributed by atoms with E-state index in [4.69, 9.17) is 22.1 Å². The van der Waals surface area contributed by atoms with Gasteiger partial charge in [-0.1, -0.05) is 23.6 Å². The van der Waals surface area contributed by atoms with E-state index < -0.39 is 0 Å². The van der Waals surface area contributed by atoms with Crippen LogP contribution in [0.5, 0.6) is 5.75 Å². The van der Waals surface area contributed by atoms with Crippen molar-refractivity contribution >= 4 is 11.6 Å². The van der Waals surface area contributed by atoms with E-state index in [0.29, 0.717) is 17.4 Å². The molecule has 0 aromatic heterocycles. The van der Waals surface area contributed by atoms with Crippen LogP contribution in [0.1, 0.15) is 25.5 Å². The lowest BCUT2D eigenvalue weighted by Crippen LogP contribution is -2.05. The molecule has 0 unspecified atom stereocenters. The first-order valence-corrected chi connectivity index (χ1v) is 5.10. The first kappa shape index (κ1) is 11.9. The number of ether oxygens (including phenoxy) is 1. The molecule has 0 amide bonds. The maximum absolute atomic E-state index is 6.02. The Bertz CT molecular complexity index is 390. The molecule has 0 saturated heterocycles. The second-order valence-corrected chi connectivity index (χ2v) is 3.60. The fraction of sp³-hybridized carbons (Fsp3) is 0.333. The largest absolute Gasteiger partial charge is 0.479 e. The normalized spacial score (nSPS) is 11.5. The van der Waals surface area contributed by atoms with Crippen molar-refractivity contribution in [3.63, 3.8) is 0 Å². The van der Waals surface area contributed by atoms with Crippen molar-refractivity contribution in [1.82, 2.24) is 0 Å². The van der Waals surface area contributed by atoms with Gasteiger partial charge in [0.25, 0.3) is 0 Å². The lowest BCUT2D eigenvalue weighted by molar-refractivity contribution is 0.370. The average molecular weight is 224 g/mol. The van der Waals surface area contributed by atoms with Crippen molar-refractivity contribution in [1.29, 1.82) is 0 Å². The summed E-state index contributed by atoms with van der Waals surface area (Å²) in [5, 5.41) is 0.572. The quantitative estimate of drug-likeness (QED) is 0.800. The third-order valence-electron chi connectivity index (χ3n) is 1.96. The fourth-order valence-electron chi connectivity index (χ4n) is 1.10. The standard InChI is InChI=1S/C12H14ClNO/c1-3-4-7-15-12-6-5-10(9(2)14)8-11(12)13/h5-6,8-9H,7,14H2,1-2H3/t9-/m1/s1. The van der Waals surface area contributed by atoms with Crippen LogP contribution in [0.15, 0.2) is 18.2 Å². The Labute approximate surface area is 95.4 Å². The molecule has 0 aliphatic heterocycles. The first-order valence-electron chi connectivity index (χ1n) is 4.72. The minimum absolute atomic E-state index is 0.0213. The molecule has 3 heteroatoms. The summed E-state index contributed by atoms with van der Waals surface area (Å²) in [6.45, 7) is 4.03. The van der Waals surface area contributed by atoms with Gasteiger partial charge in [-0.25, -0.2) is 0 Å². The molecule has 0 aliphatic rings. The van der Waals surface area contributed by atoms with Gasteiger partial charge in [-0.05, 0) is 31.5 Å². The van der Waals surface area contributed by atoms with Crippen LogP contribution in [-0.2, 0) is 0 Å². The van der Waals surface area contributed by atoms with Crippen LogP contribution in [0.25, 0.3) is 0 Å². The molecular formula is C12H14ClNO. The fourth-order valence-corrected chi connectivity index (χ4v) is 1.35. The minimum atomic E-state index is -0.0213. The number of benzene rings is 1. The van der Waals surface area contributed by atoms with Crippen LogP contribution in [0, 0.1) is 11.8 Å². The molecule has 2 nitrogen and oxygen atoms in total. The Morgan fingerprint density at radius 3 is 2.80 bits per heavy atom. The van der Waals surface area contributed by atoms with Crippen LogP contribution < -0.4 is 10.5 Å². The molecule has 1 atom stereocenters. The molecule has 1 aromatic carbocycles. The van der Waals surface area contributed by atoms with Crippen molar-refractivity contribution in [2.45, 2.75) is 19.9 Å². The Balaban J connectivity index is 2.77. The highest BCUT2D eigenvalue weighted by Gasteiger charge is 2.05. The van der Waals surface area contributed by atoms with Gasteiger partial charge in [0.05, 0.1) is 5.02 Å². The Morgan fingerprint density at radius 2 is 2.27 bits per heavy atom. The van der Waals surface area contributed by atoms with E-state index in [9.17, 15) is 0 Å². The number of nitrogens with two attached hydrogens (primary N) is 1. The summed E-state index contributed by atoms with van der Waals surface area (Å²) in [6.07, 6.45) is 0. The highest BCUT2D eigenvalue weighted by atomic mass is 35.5. The van der Waals surface area contributed by atoms with Crippen molar-refractivity contribution in [3.8, 4) is 17.6 Å². The smallest absolute Gasteiger partial charge is 0.149 e. The van der Waals surface area contributed by atoms with Gasteiger partial charge < -0.3 is 10.5 Å². The predicted molar refractivity (Wildman–Crippen MR) is 63.0 cm³/mol. The number of hydrogen-bond acceptors (Lipinski definition) is 2. The molecule has 0 aliphatic carbocycles. The summed E-state index contributed by atoms with van der Waals surface area (Å²) in [6, 6.07) is 5.52. The zero-order valence-electron chi connectivity index (χ0n) is 8.88. The highest BCUT2D eigenvalue weighted by Crippen LogP contribution is 2.27. The minimum Gasteiger partial charge on any atom is -0.479 e. The number of halogens is 1. The van der Waals surface area contributed by atoms with Crippen molar-refractivity contribution in [2.24, 2.45) is 5.73 Å². The molecule has 0 heterocycles. The summed E-state index contributed by atoms with van der Waals surface area (Å²) in [4.78, 5) is 0. The van der Waals surface area contributed by atoms with Gasteiger partial charge in [-0.15, -0.1) is 5.92 Å². The molecule has 15 heavy (non-hydrogen) atoms. The molecule has 80 valence electrons. The number of hydrogen-bond donors (Lipinski definition) is 1. The molecule has 0 bridgehead atoms. The monoisotopic (exact) mass is 223 g/mol. The lowest BCUT2D eigenvalue weighted by atomic mass is 10.1. The van der Waals surface area contributed by atoms with Gasteiger partial charge in [0.2, 0.25) is 0 Å². The topological polar surface area (TPSA) is 35.2 Å². The summed E-state index contributed by atoms with van der Waals surface area (Å²) in [5.74, 6) is 6.20. The predicted octanol–water partition coefficient (Wildman–Crippen LogP) is 2.76. The van der Waals surface area contributed by atoms with Crippen LogP contribution >= 0.6 is 11.6 Å². The lowest BCUT2D eigenvalue weighted by Gasteiger charge is -2.09. The second-order valence-electron chi connectivity index (χ2n) is 3.19. The van der Waals surface area contributed by atoms with Crippen molar-refractivity contribution < 1.29 is 4.74 Å². The summed E-state index contributed by atoms with van der Waals surface area (Å²) >= 11 is 6.02. The van der Waals surface area contributed by atoms with E-state index in [2.05, 4.69) is 11.8 Å². The van der Waals surface area contributed by atoms with E-state index in [1.807, 2.05) is 25.1 Å². The van der Waals surface area contributed by atoms with E-state index in [1.165, 1.54) is 0 Å². The molecule has 1 aromatic rings. The molecule has 0 fully saturated rings. The van der Waals surface area contributed by atoms with Crippen LogP contribution in [0.2, 0.25) is 5.02 Å². The zero-order chi connectivity index (χ0) is 11.3. The Morgan fingerprint density at radius 1 is 1.53 bits per heavy atom. The average Bonchev–Trinajstić information content (AvgIpc) is 2.20. The van der Waals surface area contributed by atoms with E-state index in [0.717, 1.165) is 5.56 Å².